The van der Waals surface area contributed by atoms with Gasteiger partial charge in [-0.05, 0) is 57.8 Å². The van der Waals surface area contributed by atoms with E-state index in [0.29, 0.717) is 12.1 Å². The van der Waals surface area contributed by atoms with Gasteiger partial charge in [-0.1, -0.05) is 18.2 Å². The van der Waals surface area contributed by atoms with E-state index < -0.39 is 0 Å². The molecular weight excluding hydrogens is 258 g/mol. The van der Waals surface area contributed by atoms with E-state index in [-0.39, 0.29) is 0 Å². The molecule has 1 aromatic rings. The normalized spacial score (nSPS) is 22.2. The fourth-order valence-corrected chi connectivity index (χ4v) is 3.64. The Morgan fingerprint density at radius 2 is 2.10 bits per heavy atom. The van der Waals surface area contributed by atoms with Crippen LogP contribution in [0.2, 0.25) is 0 Å². The van der Waals surface area contributed by atoms with Crippen LogP contribution in [-0.4, -0.2) is 49.7 Å². The van der Waals surface area contributed by atoms with Crippen molar-refractivity contribution >= 4 is 5.69 Å². The first-order valence-corrected chi connectivity index (χ1v) is 8.54. The monoisotopic (exact) mass is 287 g/mol. The van der Waals surface area contributed by atoms with E-state index in [1.807, 2.05) is 0 Å². The number of fused-ring (bicyclic) bond motifs is 1. The van der Waals surface area contributed by atoms with E-state index in [1.165, 1.54) is 56.7 Å². The SMILES string of the molecule is CC(C)N1CCC(NCCCN2CCc3ccccc32)C1. The molecule has 0 bridgehead atoms. The fraction of sp³-hybridized carbons (Fsp3) is 0.667. The number of nitrogens with one attached hydrogen (secondary N) is 1. The summed E-state index contributed by atoms with van der Waals surface area (Å²) in [5.74, 6) is 0. The summed E-state index contributed by atoms with van der Waals surface area (Å²) in [6.07, 6.45) is 3.77. The summed E-state index contributed by atoms with van der Waals surface area (Å²) in [4.78, 5) is 5.13. The lowest BCUT2D eigenvalue weighted by atomic mass is 10.2. The summed E-state index contributed by atoms with van der Waals surface area (Å²) in [6, 6.07) is 10.3. The second-order valence-electron chi connectivity index (χ2n) is 6.75. The molecular formula is C18H29N3. The molecule has 1 fully saturated rings. The molecule has 1 atom stereocenters. The van der Waals surface area contributed by atoms with Crippen LogP contribution in [0.3, 0.4) is 0 Å². The van der Waals surface area contributed by atoms with Crippen LogP contribution in [0.25, 0.3) is 0 Å². The Labute approximate surface area is 129 Å². The molecule has 116 valence electrons. The van der Waals surface area contributed by atoms with Crippen LogP contribution < -0.4 is 10.2 Å². The standard InChI is InChI=1S/C18H29N3/c1-15(2)21-13-9-17(14-21)19-10-5-11-20-12-8-16-6-3-4-7-18(16)20/h3-4,6-7,15,17,19H,5,8-14H2,1-2H3. The number of para-hydroxylation sites is 1. The maximum absolute atomic E-state index is 3.75. The van der Waals surface area contributed by atoms with Crippen LogP contribution in [0.4, 0.5) is 5.69 Å². The number of hydrogen-bond donors (Lipinski definition) is 1. The molecule has 1 saturated heterocycles. The van der Waals surface area contributed by atoms with Crippen LogP contribution in [0, 0.1) is 0 Å². The Hall–Kier alpha value is -1.06. The van der Waals surface area contributed by atoms with Gasteiger partial charge in [0.05, 0.1) is 0 Å². The first-order chi connectivity index (χ1) is 10.2. The molecule has 21 heavy (non-hydrogen) atoms. The van der Waals surface area contributed by atoms with E-state index in [4.69, 9.17) is 0 Å². The maximum Gasteiger partial charge on any atom is 0.0399 e. The lowest BCUT2D eigenvalue weighted by Crippen LogP contribution is -2.36. The molecule has 2 heterocycles. The quantitative estimate of drug-likeness (QED) is 0.811. The van der Waals surface area contributed by atoms with Crippen molar-refractivity contribution in [2.45, 2.75) is 45.2 Å². The summed E-state index contributed by atoms with van der Waals surface area (Å²) >= 11 is 0. The zero-order chi connectivity index (χ0) is 14.7. The minimum atomic E-state index is 0.693. The molecule has 3 nitrogen and oxygen atoms in total. The van der Waals surface area contributed by atoms with Gasteiger partial charge >= 0.3 is 0 Å². The third kappa shape index (κ3) is 3.58. The largest absolute Gasteiger partial charge is 0.371 e. The van der Waals surface area contributed by atoms with Gasteiger partial charge in [0.25, 0.3) is 0 Å². The third-order valence-corrected chi connectivity index (χ3v) is 4.97. The number of likely N-dealkylation sites (tertiary alicyclic amines) is 1. The van der Waals surface area contributed by atoms with E-state index >= 15 is 0 Å². The molecule has 2 aliphatic heterocycles. The number of nitrogens with zero attached hydrogens (tertiary/aromatic N) is 2. The summed E-state index contributed by atoms with van der Waals surface area (Å²) in [7, 11) is 0. The van der Waals surface area contributed by atoms with Crippen molar-refractivity contribution in [3.8, 4) is 0 Å². The Bertz CT molecular complexity index is 458. The van der Waals surface area contributed by atoms with Crippen molar-refractivity contribution < 1.29 is 0 Å². The highest BCUT2D eigenvalue weighted by atomic mass is 15.2. The molecule has 0 spiro atoms. The average Bonchev–Trinajstić information content (AvgIpc) is 3.11. The van der Waals surface area contributed by atoms with Crippen LogP contribution in [0.15, 0.2) is 24.3 Å². The molecule has 3 heteroatoms. The van der Waals surface area contributed by atoms with Gasteiger partial charge in [-0.25, -0.2) is 0 Å². The summed E-state index contributed by atoms with van der Waals surface area (Å²) in [6.45, 7) is 10.6. The van der Waals surface area contributed by atoms with Crippen molar-refractivity contribution in [2.24, 2.45) is 0 Å². The average molecular weight is 287 g/mol. The van der Waals surface area contributed by atoms with E-state index in [9.17, 15) is 0 Å². The summed E-state index contributed by atoms with van der Waals surface area (Å²) < 4.78 is 0. The van der Waals surface area contributed by atoms with Gasteiger partial charge in [0, 0.05) is 37.4 Å². The van der Waals surface area contributed by atoms with Gasteiger partial charge in [-0.3, -0.25) is 4.90 Å². The smallest absolute Gasteiger partial charge is 0.0399 e. The number of anilines is 1. The van der Waals surface area contributed by atoms with Crippen LogP contribution in [0.5, 0.6) is 0 Å². The van der Waals surface area contributed by atoms with Gasteiger partial charge in [0.1, 0.15) is 0 Å². The zero-order valence-electron chi connectivity index (χ0n) is 13.5. The van der Waals surface area contributed by atoms with Gasteiger partial charge < -0.3 is 10.2 Å². The maximum atomic E-state index is 3.75. The Morgan fingerprint density at radius 1 is 1.24 bits per heavy atom. The highest BCUT2D eigenvalue weighted by molar-refractivity contribution is 5.57. The second kappa shape index (κ2) is 6.80. The molecule has 0 aliphatic carbocycles. The molecule has 1 N–H and O–H groups in total. The first kappa shape index (κ1) is 14.9. The molecule has 2 aliphatic rings. The van der Waals surface area contributed by atoms with Crippen LogP contribution in [0.1, 0.15) is 32.3 Å². The molecule has 0 radical (unpaired) electrons. The van der Waals surface area contributed by atoms with Crippen molar-refractivity contribution in [2.75, 3.05) is 37.6 Å². The predicted octanol–water partition coefficient (Wildman–Crippen LogP) is 2.51. The second-order valence-corrected chi connectivity index (χ2v) is 6.75. The number of benzene rings is 1. The van der Waals surface area contributed by atoms with Gasteiger partial charge in [0.2, 0.25) is 0 Å². The zero-order valence-corrected chi connectivity index (χ0v) is 13.5. The highest BCUT2D eigenvalue weighted by Crippen LogP contribution is 2.27. The minimum absolute atomic E-state index is 0.693. The molecule has 3 rings (SSSR count). The van der Waals surface area contributed by atoms with Crippen molar-refractivity contribution in [1.82, 2.24) is 10.2 Å². The topological polar surface area (TPSA) is 18.5 Å². The van der Waals surface area contributed by atoms with Crippen molar-refractivity contribution in [3.63, 3.8) is 0 Å². The van der Waals surface area contributed by atoms with Crippen LogP contribution in [-0.2, 0) is 6.42 Å². The fourth-order valence-electron chi connectivity index (χ4n) is 3.64. The lowest BCUT2D eigenvalue weighted by molar-refractivity contribution is 0.268. The highest BCUT2D eigenvalue weighted by Gasteiger charge is 2.23. The van der Waals surface area contributed by atoms with E-state index in [0.717, 1.165) is 6.54 Å². The molecule has 1 unspecified atom stereocenters. The van der Waals surface area contributed by atoms with Gasteiger partial charge in [0.15, 0.2) is 0 Å². The molecule has 0 aromatic heterocycles. The predicted molar refractivity (Wildman–Crippen MR) is 90.1 cm³/mol. The Kier molecular flexibility index (Phi) is 4.81. The van der Waals surface area contributed by atoms with E-state index in [1.54, 1.807) is 0 Å². The number of rotatable bonds is 6. The summed E-state index contributed by atoms with van der Waals surface area (Å²) in [5, 5.41) is 3.75. The van der Waals surface area contributed by atoms with Crippen LogP contribution >= 0.6 is 0 Å². The summed E-state index contributed by atoms with van der Waals surface area (Å²) in [5.41, 5.74) is 2.98. The van der Waals surface area contributed by atoms with Crippen molar-refractivity contribution in [3.05, 3.63) is 29.8 Å². The third-order valence-electron chi connectivity index (χ3n) is 4.97. The lowest BCUT2D eigenvalue weighted by Gasteiger charge is -2.21. The van der Waals surface area contributed by atoms with Gasteiger partial charge in [-0.2, -0.15) is 0 Å². The Balaban J connectivity index is 1.36. The van der Waals surface area contributed by atoms with Crippen molar-refractivity contribution in [1.29, 1.82) is 0 Å². The van der Waals surface area contributed by atoms with Gasteiger partial charge in [-0.15, -0.1) is 0 Å². The first-order valence-electron chi connectivity index (χ1n) is 8.54. The Morgan fingerprint density at radius 3 is 2.90 bits per heavy atom. The molecule has 1 aromatic carbocycles. The molecule has 0 amide bonds. The number of hydrogen-bond acceptors (Lipinski definition) is 3. The minimum Gasteiger partial charge on any atom is -0.371 e. The van der Waals surface area contributed by atoms with E-state index in [2.05, 4.69) is 53.2 Å². The molecule has 0 saturated carbocycles.